The van der Waals surface area contributed by atoms with E-state index in [1.165, 1.54) is 12.3 Å². The lowest BCUT2D eigenvalue weighted by molar-refractivity contribution is -0.131. The summed E-state index contributed by atoms with van der Waals surface area (Å²) >= 11 is 0. The van der Waals surface area contributed by atoms with E-state index in [1.807, 2.05) is 18.2 Å². The number of aromatic amines is 1. The predicted molar refractivity (Wildman–Crippen MR) is 77.5 cm³/mol. The quantitative estimate of drug-likeness (QED) is 0.820. The number of nitrogens with zero attached hydrogens (tertiary/aromatic N) is 2. The minimum Gasteiger partial charge on any atom is -0.478 e. The van der Waals surface area contributed by atoms with Gasteiger partial charge in [-0.15, -0.1) is 0 Å². The molecule has 1 heterocycles. The van der Waals surface area contributed by atoms with Crippen molar-refractivity contribution in [3.63, 3.8) is 0 Å². The van der Waals surface area contributed by atoms with Gasteiger partial charge in [-0.2, -0.15) is 5.10 Å². The maximum atomic E-state index is 12.1. The molecule has 0 fully saturated rings. The highest BCUT2D eigenvalue weighted by atomic mass is 16.4. The first-order valence-electron chi connectivity index (χ1n) is 6.30. The van der Waals surface area contributed by atoms with Gasteiger partial charge in [0.15, 0.2) is 0 Å². The van der Waals surface area contributed by atoms with Crippen LogP contribution in [0.4, 0.5) is 0 Å². The van der Waals surface area contributed by atoms with Crippen molar-refractivity contribution in [3.8, 4) is 0 Å². The first kappa shape index (κ1) is 14.5. The van der Waals surface area contributed by atoms with Gasteiger partial charge in [0.2, 0.25) is 0 Å². The summed E-state index contributed by atoms with van der Waals surface area (Å²) in [5.74, 6) is -1.12. The minimum atomic E-state index is -0.993. The second-order valence-corrected chi connectivity index (χ2v) is 4.56. The number of H-pyrrole nitrogens is 1. The van der Waals surface area contributed by atoms with Gasteiger partial charge < -0.3 is 10.0 Å². The molecule has 2 N–H and O–H groups in total. The second kappa shape index (κ2) is 6.51. The summed E-state index contributed by atoms with van der Waals surface area (Å²) in [5, 5.41) is 15.0. The van der Waals surface area contributed by atoms with Crippen LogP contribution in [0.25, 0.3) is 6.08 Å². The van der Waals surface area contributed by atoms with Crippen LogP contribution >= 0.6 is 0 Å². The largest absolute Gasteiger partial charge is 0.478 e. The van der Waals surface area contributed by atoms with Gasteiger partial charge >= 0.3 is 5.97 Å². The molecule has 0 unspecified atom stereocenters. The number of benzene rings is 1. The smallest absolute Gasteiger partial charge is 0.328 e. The molecule has 1 aromatic heterocycles. The molecule has 6 heteroatoms. The van der Waals surface area contributed by atoms with Crippen LogP contribution < -0.4 is 0 Å². The number of carbonyl (C=O) groups is 2. The normalized spacial score (nSPS) is 10.7. The monoisotopic (exact) mass is 285 g/mol. The second-order valence-electron chi connectivity index (χ2n) is 4.56. The fraction of sp³-hybridized carbons (Fsp3) is 0.133. The van der Waals surface area contributed by atoms with Crippen molar-refractivity contribution in [2.24, 2.45) is 0 Å². The van der Waals surface area contributed by atoms with Gasteiger partial charge in [0, 0.05) is 25.9 Å². The van der Waals surface area contributed by atoms with Gasteiger partial charge in [0.05, 0.1) is 11.8 Å². The zero-order valence-electron chi connectivity index (χ0n) is 11.5. The number of rotatable bonds is 5. The van der Waals surface area contributed by atoms with Crippen LogP contribution in [-0.2, 0) is 11.3 Å². The fourth-order valence-corrected chi connectivity index (χ4v) is 1.90. The summed E-state index contributed by atoms with van der Waals surface area (Å²) in [4.78, 5) is 24.2. The zero-order chi connectivity index (χ0) is 15.2. The van der Waals surface area contributed by atoms with E-state index >= 15 is 0 Å². The van der Waals surface area contributed by atoms with Crippen LogP contribution in [0, 0.1) is 0 Å². The Kier molecular flexibility index (Phi) is 4.50. The average Bonchev–Trinajstić information content (AvgIpc) is 2.98. The standard InChI is InChI=1S/C15H15N3O3/c1-18(15(21)13-8-16-17-9-13)10-12-4-2-3-11(7-12)5-6-14(19)20/h2-9H,10H2,1H3,(H,16,17)(H,19,20). The maximum Gasteiger partial charge on any atom is 0.328 e. The van der Waals surface area contributed by atoms with Gasteiger partial charge in [0.1, 0.15) is 0 Å². The Morgan fingerprint density at radius 2 is 2.24 bits per heavy atom. The minimum absolute atomic E-state index is 0.129. The van der Waals surface area contributed by atoms with Gasteiger partial charge in [-0.25, -0.2) is 4.79 Å². The van der Waals surface area contributed by atoms with E-state index in [-0.39, 0.29) is 5.91 Å². The molecule has 0 bridgehead atoms. The lowest BCUT2D eigenvalue weighted by atomic mass is 10.1. The molecule has 2 rings (SSSR count). The van der Waals surface area contributed by atoms with Crippen LogP contribution in [0.5, 0.6) is 0 Å². The van der Waals surface area contributed by atoms with Crippen molar-refractivity contribution in [2.45, 2.75) is 6.54 Å². The Bertz CT molecular complexity index is 663. The highest BCUT2D eigenvalue weighted by molar-refractivity contribution is 5.93. The highest BCUT2D eigenvalue weighted by Gasteiger charge is 2.12. The average molecular weight is 285 g/mol. The maximum absolute atomic E-state index is 12.1. The van der Waals surface area contributed by atoms with Crippen molar-refractivity contribution >= 4 is 18.0 Å². The zero-order valence-corrected chi connectivity index (χ0v) is 11.5. The van der Waals surface area contributed by atoms with Gasteiger partial charge in [-0.3, -0.25) is 9.89 Å². The summed E-state index contributed by atoms with van der Waals surface area (Å²) < 4.78 is 0. The molecule has 0 aliphatic carbocycles. The molecule has 108 valence electrons. The number of carbonyl (C=O) groups excluding carboxylic acids is 1. The van der Waals surface area contributed by atoms with E-state index in [4.69, 9.17) is 5.11 Å². The van der Waals surface area contributed by atoms with Gasteiger partial charge in [-0.1, -0.05) is 18.2 Å². The molecule has 0 saturated carbocycles. The first-order valence-corrected chi connectivity index (χ1v) is 6.30. The van der Waals surface area contributed by atoms with Crippen LogP contribution in [0.1, 0.15) is 21.5 Å². The van der Waals surface area contributed by atoms with Crippen LogP contribution in [0.2, 0.25) is 0 Å². The molecule has 0 aliphatic heterocycles. The molecule has 6 nitrogen and oxygen atoms in total. The molecular weight excluding hydrogens is 270 g/mol. The summed E-state index contributed by atoms with van der Waals surface area (Å²) in [5.41, 5.74) is 2.19. The fourth-order valence-electron chi connectivity index (χ4n) is 1.90. The van der Waals surface area contributed by atoms with Crippen molar-refractivity contribution in [1.29, 1.82) is 0 Å². The molecule has 1 amide bonds. The van der Waals surface area contributed by atoms with Crippen molar-refractivity contribution in [3.05, 3.63) is 59.4 Å². The SMILES string of the molecule is CN(Cc1cccc(C=CC(=O)O)c1)C(=O)c1cn[nH]c1. The Hall–Kier alpha value is -2.89. The number of hydrogen-bond donors (Lipinski definition) is 2. The number of nitrogens with one attached hydrogen (secondary N) is 1. The van der Waals surface area contributed by atoms with E-state index in [1.54, 1.807) is 24.2 Å². The van der Waals surface area contributed by atoms with Crippen molar-refractivity contribution < 1.29 is 14.7 Å². The molecule has 0 radical (unpaired) electrons. The van der Waals surface area contributed by atoms with E-state index in [2.05, 4.69) is 10.2 Å². The van der Waals surface area contributed by atoms with E-state index < -0.39 is 5.97 Å². The predicted octanol–water partition coefficient (Wildman–Crippen LogP) is 1.78. The van der Waals surface area contributed by atoms with E-state index in [9.17, 15) is 9.59 Å². The molecule has 0 saturated heterocycles. The lowest BCUT2D eigenvalue weighted by Crippen LogP contribution is -2.25. The third-order valence-corrected chi connectivity index (χ3v) is 2.88. The number of carboxylic acids is 1. The van der Waals surface area contributed by atoms with Gasteiger partial charge in [0.25, 0.3) is 5.91 Å². The Morgan fingerprint density at radius 3 is 2.90 bits per heavy atom. The molecule has 1 aromatic carbocycles. The number of aromatic nitrogens is 2. The summed E-state index contributed by atoms with van der Waals surface area (Å²) in [6, 6.07) is 7.36. The van der Waals surface area contributed by atoms with Crippen molar-refractivity contribution in [1.82, 2.24) is 15.1 Å². The molecule has 0 atom stereocenters. The molecule has 21 heavy (non-hydrogen) atoms. The lowest BCUT2D eigenvalue weighted by Gasteiger charge is -2.16. The molecule has 0 spiro atoms. The third kappa shape index (κ3) is 4.04. The molecule has 2 aromatic rings. The number of hydrogen-bond acceptors (Lipinski definition) is 3. The van der Waals surface area contributed by atoms with Gasteiger partial charge in [-0.05, 0) is 23.3 Å². The molecule has 0 aliphatic rings. The van der Waals surface area contributed by atoms with E-state index in [0.717, 1.165) is 17.2 Å². The number of carboxylic acid groups (broad SMARTS) is 1. The topological polar surface area (TPSA) is 86.3 Å². The summed E-state index contributed by atoms with van der Waals surface area (Å²) in [6.07, 6.45) is 5.62. The first-order chi connectivity index (χ1) is 10.1. The number of aliphatic carboxylic acids is 1. The number of amides is 1. The third-order valence-electron chi connectivity index (χ3n) is 2.88. The Labute approximate surface area is 121 Å². The van der Waals surface area contributed by atoms with E-state index in [0.29, 0.717) is 12.1 Å². The summed E-state index contributed by atoms with van der Waals surface area (Å²) in [7, 11) is 1.70. The van der Waals surface area contributed by atoms with Crippen LogP contribution in [0.3, 0.4) is 0 Å². The van der Waals surface area contributed by atoms with Crippen LogP contribution in [-0.4, -0.2) is 39.1 Å². The highest BCUT2D eigenvalue weighted by Crippen LogP contribution is 2.11. The van der Waals surface area contributed by atoms with Crippen molar-refractivity contribution in [2.75, 3.05) is 7.05 Å². The summed E-state index contributed by atoms with van der Waals surface area (Å²) in [6.45, 7) is 0.429. The Morgan fingerprint density at radius 1 is 1.43 bits per heavy atom. The molecular formula is C15H15N3O3. The van der Waals surface area contributed by atoms with Crippen LogP contribution in [0.15, 0.2) is 42.7 Å². The Balaban J connectivity index is 2.07.